The third-order valence-corrected chi connectivity index (χ3v) is 6.36. The number of H-pyrrole nitrogens is 1. The molecule has 7 nitrogen and oxygen atoms in total. The van der Waals surface area contributed by atoms with Gasteiger partial charge in [-0.2, -0.15) is 5.10 Å². The zero-order valence-electron chi connectivity index (χ0n) is 19.5. The predicted octanol–water partition coefficient (Wildman–Crippen LogP) is 5.02. The molecule has 1 aliphatic rings. The number of amides is 1. The first-order valence-electron chi connectivity index (χ1n) is 12.1. The Morgan fingerprint density at radius 3 is 2.50 bits per heavy atom. The third-order valence-electron chi connectivity index (χ3n) is 6.36. The highest BCUT2D eigenvalue weighted by Gasteiger charge is 2.35. The molecule has 0 bridgehead atoms. The van der Waals surface area contributed by atoms with Crippen LogP contribution in [0.1, 0.15) is 59.9 Å². The van der Waals surface area contributed by atoms with Crippen molar-refractivity contribution < 1.29 is 4.79 Å². The van der Waals surface area contributed by atoms with Crippen molar-refractivity contribution in [3.05, 3.63) is 83.8 Å². The molecular formula is C27H30N6O. The molecule has 1 saturated carbocycles. The maximum atomic E-state index is 13.2. The summed E-state index contributed by atoms with van der Waals surface area (Å²) >= 11 is 0. The van der Waals surface area contributed by atoms with Gasteiger partial charge >= 0.3 is 0 Å². The number of nitrogens with one attached hydrogen (secondary N) is 1. The Hall–Kier alpha value is -3.74. The topological polar surface area (TPSA) is 79.7 Å². The van der Waals surface area contributed by atoms with E-state index in [-0.39, 0.29) is 5.91 Å². The Balaban J connectivity index is 1.13. The quantitative estimate of drug-likeness (QED) is 0.341. The van der Waals surface area contributed by atoms with E-state index in [9.17, 15) is 4.79 Å². The molecule has 0 atom stereocenters. The lowest BCUT2D eigenvalue weighted by Gasteiger charge is -2.16. The van der Waals surface area contributed by atoms with Gasteiger partial charge in [0, 0.05) is 30.8 Å². The maximum Gasteiger partial charge on any atom is 0.276 e. The highest BCUT2D eigenvalue weighted by Crippen LogP contribution is 2.42. The molecule has 174 valence electrons. The number of benzene rings is 2. The minimum atomic E-state index is -0.0369. The number of hydrogen-bond acceptors (Lipinski definition) is 4. The van der Waals surface area contributed by atoms with E-state index in [0.29, 0.717) is 18.2 Å². The van der Waals surface area contributed by atoms with Crippen LogP contribution in [0.5, 0.6) is 0 Å². The first-order chi connectivity index (χ1) is 16.7. The first kappa shape index (κ1) is 22.1. The minimum Gasteiger partial charge on any atom is -0.340 e. The molecule has 0 radical (unpaired) electrons. The van der Waals surface area contributed by atoms with Crippen LogP contribution in [0.4, 0.5) is 0 Å². The summed E-state index contributed by atoms with van der Waals surface area (Å²) in [6.45, 7) is 0.708. The number of carbonyl (C=O) groups excluding carboxylic acids is 1. The van der Waals surface area contributed by atoms with Gasteiger partial charge in [0.25, 0.3) is 5.91 Å². The van der Waals surface area contributed by atoms with Gasteiger partial charge in [-0.15, -0.1) is 5.10 Å². The lowest BCUT2D eigenvalue weighted by molar-refractivity contribution is 0.0785. The number of rotatable bonds is 10. The number of aromatic nitrogens is 5. The van der Waals surface area contributed by atoms with Crippen molar-refractivity contribution in [2.45, 2.75) is 44.4 Å². The Labute approximate surface area is 199 Å². The van der Waals surface area contributed by atoms with E-state index < -0.39 is 0 Å². The van der Waals surface area contributed by atoms with Crippen LogP contribution in [0.15, 0.2) is 66.7 Å². The molecule has 0 spiro atoms. The molecule has 7 heteroatoms. The van der Waals surface area contributed by atoms with Gasteiger partial charge < -0.3 is 4.90 Å². The molecule has 0 aliphatic heterocycles. The molecule has 1 aliphatic carbocycles. The summed E-state index contributed by atoms with van der Waals surface area (Å²) in [5, 5.41) is 16.2. The monoisotopic (exact) mass is 454 g/mol. The zero-order chi connectivity index (χ0) is 23.3. The lowest BCUT2D eigenvalue weighted by Crippen LogP contribution is -2.29. The molecule has 1 amide bonds. The van der Waals surface area contributed by atoms with Crippen LogP contribution in [0.2, 0.25) is 0 Å². The third kappa shape index (κ3) is 4.93. The predicted molar refractivity (Wildman–Crippen MR) is 132 cm³/mol. The highest BCUT2D eigenvalue weighted by molar-refractivity contribution is 5.93. The maximum absolute atomic E-state index is 13.2. The number of unbranched alkanes of at least 4 members (excludes halogenated alkanes) is 2. The summed E-state index contributed by atoms with van der Waals surface area (Å²) in [6.07, 6.45) is 6.18. The molecule has 34 heavy (non-hydrogen) atoms. The zero-order valence-corrected chi connectivity index (χ0v) is 19.5. The van der Waals surface area contributed by atoms with Crippen molar-refractivity contribution in [2.75, 3.05) is 13.6 Å². The Bertz CT molecular complexity index is 1230. The van der Waals surface area contributed by atoms with E-state index in [2.05, 4.69) is 38.7 Å². The van der Waals surface area contributed by atoms with E-state index in [1.807, 2.05) is 60.3 Å². The van der Waals surface area contributed by atoms with Crippen LogP contribution in [-0.4, -0.2) is 49.6 Å². The first-order valence-corrected chi connectivity index (χ1v) is 12.1. The van der Waals surface area contributed by atoms with Gasteiger partial charge in [0.1, 0.15) is 0 Å². The summed E-state index contributed by atoms with van der Waals surface area (Å²) in [7, 11) is 1.86. The molecule has 2 aromatic heterocycles. The van der Waals surface area contributed by atoms with Crippen LogP contribution in [0.25, 0.3) is 16.9 Å². The lowest BCUT2D eigenvalue weighted by atomic mass is 10.1. The van der Waals surface area contributed by atoms with Crippen molar-refractivity contribution in [3.63, 3.8) is 0 Å². The van der Waals surface area contributed by atoms with E-state index in [1.165, 1.54) is 0 Å². The van der Waals surface area contributed by atoms with Crippen LogP contribution >= 0.6 is 0 Å². The minimum absolute atomic E-state index is 0.0369. The standard InChI is InChI=1S/C27H30N6O/c1-32(18-10-4-7-13-22-19-24(29-28-22)20-11-5-2-6-12-20)27(34)25-26(21-16-17-21)33(31-30-25)23-14-8-3-9-15-23/h2-3,5-6,8-9,11-12,14-15,19,21H,4,7,10,13,16-18H2,1H3,(H,28,29). The number of nitrogens with zero attached hydrogens (tertiary/aromatic N) is 5. The second-order valence-corrected chi connectivity index (χ2v) is 9.03. The molecule has 1 N–H and O–H groups in total. The summed E-state index contributed by atoms with van der Waals surface area (Å²) in [6, 6.07) is 22.3. The molecule has 0 saturated heterocycles. The van der Waals surface area contributed by atoms with Crippen LogP contribution in [-0.2, 0) is 6.42 Å². The molecule has 5 rings (SSSR count). The number of para-hydroxylation sites is 1. The smallest absolute Gasteiger partial charge is 0.276 e. The largest absolute Gasteiger partial charge is 0.340 e. The molecule has 2 aromatic carbocycles. The van der Waals surface area contributed by atoms with Gasteiger partial charge in [-0.25, -0.2) is 4.68 Å². The Morgan fingerprint density at radius 1 is 1.03 bits per heavy atom. The number of aryl methyl sites for hydroxylation is 1. The average molecular weight is 455 g/mol. The normalized spacial score (nSPS) is 13.2. The van der Waals surface area contributed by atoms with Crippen molar-refractivity contribution in [2.24, 2.45) is 0 Å². The fourth-order valence-corrected chi connectivity index (χ4v) is 4.29. The molecule has 1 fully saturated rings. The van der Waals surface area contributed by atoms with Gasteiger partial charge in [0.2, 0.25) is 0 Å². The molecule has 4 aromatic rings. The van der Waals surface area contributed by atoms with Gasteiger partial charge in [0.15, 0.2) is 5.69 Å². The second kappa shape index (κ2) is 10.0. The molecule has 2 heterocycles. The van der Waals surface area contributed by atoms with E-state index in [0.717, 1.165) is 66.9 Å². The summed E-state index contributed by atoms with van der Waals surface area (Å²) in [5.41, 5.74) is 5.66. The highest BCUT2D eigenvalue weighted by atomic mass is 16.2. The molecule has 0 unspecified atom stereocenters. The van der Waals surface area contributed by atoms with Crippen molar-refractivity contribution in [1.82, 2.24) is 30.1 Å². The average Bonchev–Trinajstić information content (AvgIpc) is 3.44. The van der Waals surface area contributed by atoms with E-state index in [4.69, 9.17) is 0 Å². The van der Waals surface area contributed by atoms with E-state index in [1.54, 1.807) is 4.90 Å². The van der Waals surface area contributed by atoms with Crippen LogP contribution in [0, 0.1) is 0 Å². The SMILES string of the molecule is CN(CCCCCc1cc(-c2ccccc2)n[nH]1)C(=O)c1nnn(-c2ccccc2)c1C1CC1. The number of aromatic amines is 1. The van der Waals surface area contributed by atoms with Crippen molar-refractivity contribution in [3.8, 4) is 16.9 Å². The summed E-state index contributed by atoms with van der Waals surface area (Å²) < 4.78 is 1.84. The van der Waals surface area contributed by atoms with Crippen LogP contribution in [0.3, 0.4) is 0 Å². The van der Waals surface area contributed by atoms with Crippen LogP contribution < -0.4 is 0 Å². The Morgan fingerprint density at radius 2 is 1.76 bits per heavy atom. The fraction of sp³-hybridized carbons (Fsp3) is 0.333. The Kier molecular flexibility index (Phi) is 6.51. The second-order valence-electron chi connectivity index (χ2n) is 9.03. The van der Waals surface area contributed by atoms with Gasteiger partial charge in [-0.3, -0.25) is 9.89 Å². The number of carbonyl (C=O) groups is 1. The van der Waals surface area contributed by atoms with Gasteiger partial charge in [-0.05, 0) is 50.3 Å². The van der Waals surface area contributed by atoms with E-state index >= 15 is 0 Å². The fourth-order valence-electron chi connectivity index (χ4n) is 4.29. The van der Waals surface area contributed by atoms with Gasteiger partial charge in [-0.1, -0.05) is 60.2 Å². The molecular weight excluding hydrogens is 424 g/mol. The summed E-state index contributed by atoms with van der Waals surface area (Å²) in [4.78, 5) is 14.9. The number of hydrogen-bond donors (Lipinski definition) is 1. The van der Waals surface area contributed by atoms with Crippen molar-refractivity contribution >= 4 is 5.91 Å². The van der Waals surface area contributed by atoms with Gasteiger partial charge in [0.05, 0.1) is 17.1 Å². The summed E-state index contributed by atoms with van der Waals surface area (Å²) in [5.74, 6) is 0.336. The van der Waals surface area contributed by atoms with Crippen molar-refractivity contribution in [1.29, 1.82) is 0 Å².